The lowest BCUT2D eigenvalue weighted by molar-refractivity contribution is -0.138. The number of amides is 2. The molecule has 0 bridgehead atoms. The topological polar surface area (TPSA) is 58.6 Å². The molecule has 0 heterocycles. The molecule has 0 spiro atoms. The van der Waals surface area contributed by atoms with E-state index in [1.807, 2.05) is 62.4 Å². The molecule has 1 saturated carbocycles. The van der Waals surface area contributed by atoms with Crippen molar-refractivity contribution in [2.75, 3.05) is 12.9 Å². The summed E-state index contributed by atoms with van der Waals surface area (Å²) in [7, 11) is 1.62. The molecule has 0 aromatic heterocycles. The van der Waals surface area contributed by atoms with Gasteiger partial charge in [-0.15, -0.1) is 11.8 Å². The van der Waals surface area contributed by atoms with Gasteiger partial charge in [-0.3, -0.25) is 9.59 Å². The highest BCUT2D eigenvalue weighted by molar-refractivity contribution is 8.00. The van der Waals surface area contributed by atoms with E-state index < -0.39 is 6.04 Å². The molecule has 31 heavy (non-hydrogen) atoms. The number of thioether (sulfide) groups is 1. The van der Waals surface area contributed by atoms with Gasteiger partial charge in [0.15, 0.2) is 0 Å². The molecule has 1 aliphatic carbocycles. The predicted octanol–water partition coefficient (Wildman–Crippen LogP) is 4.57. The molecular formula is C25H32N2O3S. The summed E-state index contributed by atoms with van der Waals surface area (Å²) in [5.74, 6) is 0.890. The molecule has 2 aromatic carbocycles. The molecular weight excluding hydrogens is 408 g/mol. The highest BCUT2D eigenvalue weighted by Gasteiger charge is 2.28. The normalized spacial score (nSPS) is 14.8. The van der Waals surface area contributed by atoms with Crippen LogP contribution in [0.5, 0.6) is 5.75 Å². The van der Waals surface area contributed by atoms with Crippen LogP contribution in [-0.4, -0.2) is 41.7 Å². The Bertz CT molecular complexity index is 879. The molecule has 6 heteroatoms. The van der Waals surface area contributed by atoms with Gasteiger partial charge in [-0.25, -0.2) is 0 Å². The molecule has 1 fully saturated rings. The summed E-state index contributed by atoms with van der Waals surface area (Å²) >= 11 is 1.50. The number of rotatable bonds is 9. The quantitative estimate of drug-likeness (QED) is 0.580. The van der Waals surface area contributed by atoms with E-state index in [9.17, 15) is 9.59 Å². The van der Waals surface area contributed by atoms with E-state index in [-0.39, 0.29) is 23.6 Å². The largest absolute Gasteiger partial charge is 0.497 e. The van der Waals surface area contributed by atoms with E-state index in [2.05, 4.69) is 5.32 Å². The number of aryl methyl sites for hydroxylation is 1. The van der Waals surface area contributed by atoms with E-state index in [0.29, 0.717) is 6.54 Å². The highest BCUT2D eigenvalue weighted by Crippen LogP contribution is 2.22. The average Bonchev–Trinajstić information content (AvgIpc) is 3.29. The lowest BCUT2D eigenvalue weighted by Crippen LogP contribution is -2.50. The lowest BCUT2D eigenvalue weighted by Gasteiger charge is -2.29. The summed E-state index contributed by atoms with van der Waals surface area (Å²) in [5.41, 5.74) is 2.13. The smallest absolute Gasteiger partial charge is 0.242 e. The van der Waals surface area contributed by atoms with Crippen molar-refractivity contribution in [3.63, 3.8) is 0 Å². The number of ether oxygens (including phenoxy) is 1. The maximum Gasteiger partial charge on any atom is 0.242 e. The van der Waals surface area contributed by atoms with E-state index >= 15 is 0 Å². The number of carbonyl (C=O) groups is 2. The Balaban J connectivity index is 1.72. The molecule has 1 aliphatic rings. The van der Waals surface area contributed by atoms with E-state index in [4.69, 9.17) is 4.74 Å². The minimum absolute atomic E-state index is 0.0533. The summed E-state index contributed by atoms with van der Waals surface area (Å²) < 4.78 is 5.32. The van der Waals surface area contributed by atoms with Crippen LogP contribution in [0.1, 0.15) is 43.7 Å². The molecule has 1 atom stereocenters. The van der Waals surface area contributed by atoms with E-state index in [1.165, 1.54) is 17.3 Å². The van der Waals surface area contributed by atoms with Crippen LogP contribution in [0.2, 0.25) is 0 Å². The predicted molar refractivity (Wildman–Crippen MR) is 125 cm³/mol. The maximum atomic E-state index is 13.2. The Hall–Kier alpha value is -2.47. The molecule has 1 unspecified atom stereocenters. The Kier molecular flexibility index (Phi) is 8.41. The van der Waals surface area contributed by atoms with Crippen molar-refractivity contribution < 1.29 is 14.3 Å². The van der Waals surface area contributed by atoms with Crippen LogP contribution < -0.4 is 10.1 Å². The minimum Gasteiger partial charge on any atom is -0.497 e. The van der Waals surface area contributed by atoms with Crippen LogP contribution >= 0.6 is 11.8 Å². The Morgan fingerprint density at radius 3 is 2.55 bits per heavy atom. The van der Waals surface area contributed by atoms with Crippen LogP contribution in [0.25, 0.3) is 0 Å². The second-order valence-corrected chi connectivity index (χ2v) is 9.19. The van der Waals surface area contributed by atoms with Crippen LogP contribution in [0, 0.1) is 6.92 Å². The van der Waals surface area contributed by atoms with Gasteiger partial charge in [0.1, 0.15) is 11.8 Å². The van der Waals surface area contributed by atoms with Crippen LogP contribution in [0.15, 0.2) is 53.4 Å². The van der Waals surface area contributed by atoms with Gasteiger partial charge in [-0.05, 0) is 56.5 Å². The zero-order chi connectivity index (χ0) is 22.2. The van der Waals surface area contributed by atoms with Gasteiger partial charge in [0, 0.05) is 17.5 Å². The first-order valence-corrected chi connectivity index (χ1v) is 11.9. The summed E-state index contributed by atoms with van der Waals surface area (Å²) in [6.45, 7) is 4.22. The van der Waals surface area contributed by atoms with Gasteiger partial charge in [0.25, 0.3) is 0 Å². The van der Waals surface area contributed by atoms with Gasteiger partial charge in [0.2, 0.25) is 11.8 Å². The van der Waals surface area contributed by atoms with Crippen molar-refractivity contribution in [3.05, 3.63) is 59.7 Å². The second-order valence-electron chi connectivity index (χ2n) is 8.14. The Labute approximate surface area is 189 Å². The molecule has 0 saturated heterocycles. The number of hydrogen-bond acceptors (Lipinski definition) is 4. The fourth-order valence-electron chi connectivity index (χ4n) is 3.80. The summed E-state index contributed by atoms with van der Waals surface area (Å²) in [5, 5.41) is 3.14. The van der Waals surface area contributed by atoms with E-state index in [1.54, 1.807) is 12.0 Å². The molecule has 1 N–H and O–H groups in total. The van der Waals surface area contributed by atoms with E-state index in [0.717, 1.165) is 41.9 Å². The first-order chi connectivity index (χ1) is 15.0. The van der Waals surface area contributed by atoms with Crippen molar-refractivity contribution in [1.82, 2.24) is 10.2 Å². The standard InChI is InChI=1S/C25H32N2O3S/c1-18-11-13-23(14-12-18)31-17-24(28)27(16-20-7-6-10-22(15-20)30-3)19(2)25(29)26-21-8-4-5-9-21/h6-7,10-15,19,21H,4-5,8-9,16-17H2,1-3H3,(H,26,29). The van der Waals surface area contributed by atoms with Gasteiger partial charge in [-0.2, -0.15) is 0 Å². The monoisotopic (exact) mass is 440 g/mol. The van der Waals surface area contributed by atoms with Gasteiger partial charge in [0.05, 0.1) is 12.9 Å². The van der Waals surface area contributed by atoms with Gasteiger partial charge < -0.3 is 15.0 Å². The third kappa shape index (κ3) is 6.76. The number of hydrogen-bond donors (Lipinski definition) is 1. The number of methoxy groups -OCH3 is 1. The van der Waals surface area contributed by atoms with Crippen molar-refractivity contribution in [3.8, 4) is 5.75 Å². The van der Waals surface area contributed by atoms with Crippen molar-refractivity contribution in [1.29, 1.82) is 0 Å². The zero-order valence-electron chi connectivity index (χ0n) is 18.6. The second kappa shape index (κ2) is 11.2. The lowest BCUT2D eigenvalue weighted by atomic mass is 10.1. The minimum atomic E-state index is -0.544. The van der Waals surface area contributed by atoms with Crippen LogP contribution in [0.4, 0.5) is 0 Å². The molecule has 3 rings (SSSR count). The summed E-state index contributed by atoms with van der Waals surface area (Å²) in [4.78, 5) is 28.9. The molecule has 2 amide bonds. The van der Waals surface area contributed by atoms with Crippen molar-refractivity contribution in [2.24, 2.45) is 0 Å². The van der Waals surface area contributed by atoms with Crippen molar-refractivity contribution >= 4 is 23.6 Å². The zero-order valence-corrected chi connectivity index (χ0v) is 19.4. The maximum absolute atomic E-state index is 13.2. The SMILES string of the molecule is COc1cccc(CN(C(=O)CSc2ccc(C)cc2)C(C)C(=O)NC2CCCC2)c1. The third-order valence-corrected chi connectivity index (χ3v) is 6.74. The van der Waals surface area contributed by atoms with Gasteiger partial charge >= 0.3 is 0 Å². The number of carbonyl (C=O) groups excluding carboxylic acids is 2. The Morgan fingerprint density at radius 2 is 1.87 bits per heavy atom. The molecule has 0 aliphatic heterocycles. The number of benzene rings is 2. The Morgan fingerprint density at radius 1 is 1.16 bits per heavy atom. The van der Waals surface area contributed by atoms with Crippen LogP contribution in [-0.2, 0) is 16.1 Å². The van der Waals surface area contributed by atoms with Crippen molar-refractivity contribution in [2.45, 2.75) is 63.1 Å². The molecule has 5 nitrogen and oxygen atoms in total. The first-order valence-electron chi connectivity index (χ1n) is 10.9. The summed E-state index contributed by atoms with van der Waals surface area (Å²) in [6, 6.07) is 15.5. The first kappa shape index (κ1) is 23.2. The van der Waals surface area contributed by atoms with Gasteiger partial charge in [-0.1, -0.05) is 42.7 Å². The fourth-order valence-corrected chi connectivity index (χ4v) is 4.59. The third-order valence-electron chi connectivity index (χ3n) is 5.74. The average molecular weight is 441 g/mol. The number of nitrogens with zero attached hydrogens (tertiary/aromatic N) is 1. The van der Waals surface area contributed by atoms with Crippen LogP contribution in [0.3, 0.4) is 0 Å². The highest BCUT2D eigenvalue weighted by atomic mass is 32.2. The molecule has 0 radical (unpaired) electrons. The summed E-state index contributed by atoms with van der Waals surface area (Å²) in [6.07, 6.45) is 4.34. The molecule has 2 aromatic rings. The number of nitrogens with one attached hydrogen (secondary N) is 1. The molecule has 166 valence electrons. The fraction of sp³-hybridized carbons (Fsp3) is 0.440.